The Hall–Kier alpha value is -2.37. The summed E-state index contributed by atoms with van der Waals surface area (Å²) in [4.78, 5) is 14.6. The number of amides is 1. The maximum absolute atomic E-state index is 12.1. The summed E-state index contributed by atoms with van der Waals surface area (Å²) >= 11 is 0. The Morgan fingerprint density at radius 3 is 2.30 bits per heavy atom. The fraction of sp³-hybridized carbons (Fsp3) is 0.409. The van der Waals surface area contributed by atoms with E-state index < -0.39 is 0 Å². The van der Waals surface area contributed by atoms with Crippen LogP contribution in [0.4, 0.5) is 5.69 Å². The van der Waals surface area contributed by atoms with Crippen molar-refractivity contribution in [2.75, 3.05) is 38.2 Å². The summed E-state index contributed by atoms with van der Waals surface area (Å²) in [6.45, 7) is 9.50. The van der Waals surface area contributed by atoms with Crippen molar-refractivity contribution in [3.8, 4) is 0 Å². The third-order valence-electron chi connectivity index (χ3n) is 4.93. The standard InChI is InChI=1S/C22H29N3O2/c1-17-4-3-5-18(2)22(17)24-15-21(26)23-14-19-6-8-20(9-7-19)16-25-10-12-27-13-11-25/h3-9,24H,10-16H2,1-2H3,(H,23,26). The Balaban J connectivity index is 1.43. The average molecular weight is 367 g/mol. The van der Waals surface area contributed by atoms with Crippen LogP contribution in [-0.4, -0.2) is 43.7 Å². The van der Waals surface area contributed by atoms with Crippen molar-refractivity contribution < 1.29 is 9.53 Å². The maximum atomic E-state index is 12.1. The number of ether oxygens (including phenoxy) is 1. The fourth-order valence-corrected chi connectivity index (χ4v) is 3.31. The molecule has 2 aromatic carbocycles. The second-order valence-corrected chi connectivity index (χ2v) is 7.10. The predicted octanol–water partition coefficient (Wildman–Crippen LogP) is 2.86. The third kappa shape index (κ3) is 5.81. The molecule has 5 nitrogen and oxygen atoms in total. The van der Waals surface area contributed by atoms with Gasteiger partial charge in [-0.05, 0) is 36.1 Å². The lowest BCUT2D eigenvalue weighted by molar-refractivity contribution is -0.119. The number of para-hydroxylation sites is 1. The Bertz CT molecular complexity index is 732. The molecule has 0 radical (unpaired) electrons. The van der Waals surface area contributed by atoms with Crippen LogP contribution >= 0.6 is 0 Å². The molecule has 0 aromatic heterocycles. The molecule has 1 aliphatic heterocycles. The van der Waals surface area contributed by atoms with Crippen LogP contribution in [0.15, 0.2) is 42.5 Å². The van der Waals surface area contributed by atoms with Crippen molar-refractivity contribution in [1.29, 1.82) is 0 Å². The molecule has 0 unspecified atom stereocenters. The second-order valence-electron chi connectivity index (χ2n) is 7.10. The van der Waals surface area contributed by atoms with Crippen molar-refractivity contribution in [3.63, 3.8) is 0 Å². The normalized spacial score (nSPS) is 14.7. The molecular formula is C22H29N3O2. The van der Waals surface area contributed by atoms with Gasteiger partial charge >= 0.3 is 0 Å². The van der Waals surface area contributed by atoms with Crippen molar-refractivity contribution >= 4 is 11.6 Å². The van der Waals surface area contributed by atoms with Crippen LogP contribution in [0.2, 0.25) is 0 Å². The van der Waals surface area contributed by atoms with Crippen molar-refractivity contribution in [3.05, 3.63) is 64.7 Å². The van der Waals surface area contributed by atoms with Crippen LogP contribution in [0.1, 0.15) is 22.3 Å². The lowest BCUT2D eigenvalue weighted by Crippen LogP contribution is -2.35. The first-order chi connectivity index (χ1) is 13.1. The Labute approximate surface area is 161 Å². The number of rotatable bonds is 7. The minimum absolute atomic E-state index is 0.00459. The summed E-state index contributed by atoms with van der Waals surface area (Å²) in [5.74, 6) is -0.00459. The van der Waals surface area contributed by atoms with Crippen molar-refractivity contribution in [2.45, 2.75) is 26.9 Å². The van der Waals surface area contributed by atoms with E-state index in [4.69, 9.17) is 4.74 Å². The molecule has 27 heavy (non-hydrogen) atoms. The topological polar surface area (TPSA) is 53.6 Å². The van der Waals surface area contributed by atoms with Gasteiger partial charge < -0.3 is 15.4 Å². The zero-order valence-electron chi connectivity index (χ0n) is 16.3. The van der Waals surface area contributed by atoms with E-state index in [1.807, 2.05) is 32.0 Å². The molecule has 2 N–H and O–H groups in total. The summed E-state index contributed by atoms with van der Waals surface area (Å²) in [7, 11) is 0. The lowest BCUT2D eigenvalue weighted by atomic mass is 10.1. The first kappa shape index (κ1) is 19.4. The van der Waals surface area contributed by atoms with Gasteiger partial charge in [0.05, 0.1) is 19.8 Å². The number of nitrogens with zero attached hydrogens (tertiary/aromatic N) is 1. The molecule has 0 aliphatic carbocycles. The molecule has 1 saturated heterocycles. The van der Waals surface area contributed by atoms with Gasteiger partial charge in [0.15, 0.2) is 0 Å². The van der Waals surface area contributed by atoms with Crippen LogP contribution in [0.3, 0.4) is 0 Å². The molecule has 144 valence electrons. The Morgan fingerprint density at radius 1 is 1.00 bits per heavy atom. The third-order valence-corrected chi connectivity index (χ3v) is 4.93. The lowest BCUT2D eigenvalue weighted by Gasteiger charge is -2.26. The van der Waals surface area contributed by atoms with Crippen molar-refractivity contribution in [2.24, 2.45) is 0 Å². The van der Waals surface area contributed by atoms with Crippen LogP contribution in [0.5, 0.6) is 0 Å². The molecule has 2 aromatic rings. The molecule has 0 atom stereocenters. The molecule has 1 amide bonds. The summed E-state index contributed by atoms with van der Waals surface area (Å²) < 4.78 is 5.38. The predicted molar refractivity (Wildman–Crippen MR) is 109 cm³/mol. The highest BCUT2D eigenvalue weighted by molar-refractivity contribution is 5.81. The van der Waals surface area contributed by atoms with E-state index in [0.29, 0.717) is 6.54 Å². The van der Waals surface area contributed by atoms with Crippen LogP contribution in [0.25, 0.3) is 0 Å². The van der Waals surface area contributed by atoms with Crippen LogP contribution < -0.4 is 10.6 Å². The van der Waals surface area contributed by atoms with Gasteiger partial charge in [0, 0.05) is 31.9 Å². The monoisotopic (exact) mass is 367 g/mol. The average Bonchev–Trinajstić information content (AvgIpc) is 2.68. The number of aryl methyl sites for hydroxylation is 2. The highest BCUT2D eigenvalue weighted by Crippen LogP contribution is 2.18. The zero-order chi connectivity index (χ0) is 19.1. The van der Waals surface area contributed by atoms with E-state index in [0.717, 1.165) is 55.2 Å². The van der Waals surface area contributed by atoms with Crippen molar-refractivity contribution in [1.82, 2.24) is 10.2 Å². The number of morpholine rings is 1. The highest BCUT2D eigenvalue weighted by atomic mass is 16.5. The van der Waals surface area contributed by atoms with Gasteiger partial charge in [0.2, 0.25) is 5.91 Å². The van der Waals surface area contributed by atoms with E-state index in [1.165, 1.54) is 5.56 Å². The van der Waals surface area contributed by atoms with E-state index in [-0.39, 0.29) is 12.5 Å². The molecule has 1 aliphatic rings. The van der Waals surface area contributed by atoms with Gasteiger partial charge in [0.1, 0.15) is 0 Å². The van der Waals surface area contributed by atoms with Crippen LogP contribution in [0, 0.1) is 13.8 Å². The summed E-state index contributed by atoms with van der Waals surface area (Å²) in [6.07, 6.45) is 0. The molecule has 5 heteroatoms. The zero-order valence-corrected chi connectivity index (χ0v) is 16.3. The molecule has 1 fully saturated rings. The number of hydrogen-bond acceptors (Lipinski definition) is 4. The van der Waals surface area contributed by atoms with E-state index in [2.05, 4.69) is 39.8 Å². The summed E-state index contributed by atoms with van der Waals surface area (Å²) in [5, 5.41) is 6.22. The van der Waals surface area contributed by atoms with Gasteiger partial charge in [-0.25, -0.2) is 0 Å². The Kier molecular flexibility index (Phi) is 6.85. The molecule has 0 bridgehead atoms. The van der Waals surface area contributed by atoms with Gasteiger partial charge in [-0.15, -0.1) is 0 Å². The van der Waals surface area contributed by atoms with Crippen LogP contribution in [-0.2, 0) is 22.6 Å². The molecule has 3 rings (SSSR count). The smallest absolute Gasteiger partial charge is 0.239 e. The fourth-order valence-electron chi connectivity index (χ4n) is 3.31. The molecule has 0 saturated carbocycles. The Morgan fingerprint density at radius 2 is 1.63 bits per heavy atom. The largest absolute Gasteiger partial charge is 0.379 e. The van der Waals surface area contributed by atoms with E-state index >= 15 is 0 Å². The van der Waals surface area contributed by atoms with Gasteiger partial charge in [-0.3, -0.25) is 9.69 Å². The maximum Gasteiger partial charge on any atom is 0.239 e. The summed E-state index contributed by atoms with van der Waals surface area (Å²) in [6, 6.07) is 14.6. The molecule has 1 heterocycles. The number of carbonyl (C=O) groups is 1. The molecular weight excluding hydrogens is 338 g/mol. The number of carbonyl (C=O) groups excluding carboxylic acids is 1. The quantitative estimate of drug-likeness (QED) is 0.790. The minimum Gasteiger partial charge on any atom is -0.379 e. The SMILES string of the molecule is Cc1cccc(C)c1NCC(=O)NCc1ccc(CN2CCOCC2)cc1. The number of anilines is 1. The first-order valence-corrected chi connectivity index (χ1v) is 9.56. The number of hydrogen-bond donors (Lipinski definition) is 2. The van der Waals surface area contributed by atoms with Gasteiger partial charge in [-0.1, -0.05) is 42.5 Å². The number of benzene rings is 2. The molecule has 0 spiro atoms. The van der Waals surface area contributed by atoms with Gasteiger partial charge in [0.25, 0.3) is 0 Å². The van der Waals surface area contributed by atoms with E-state index in [9.17, 15) is 4.79 Å². The second kappa shape index (κ2) is 9.53. The number of nitrogens with one attached hydrogen (secondary N) is 2. The highest BCUT2D eigenvalue weighted by Gasteiger charge is 2.10. The van der Waals surface area contributed by atoms with E-state index in [1.54, 1.807) is 0 Å². The summed E-state index contributed by atoms with van der Waals surface area (Å²) in [5.41, 5.74) is 5.75. The first-order valence-electron chi connectivity index (χ1n) is 9.56. The van der Waals surface area contributed by atoms with Gasteiger partial charge in [-0.2, -0.15) is 0 Å². The minimum atomic E-state index is -0.00459.